The third-order valence-corrected chi connectivity index (χ3v) is 10.9. The minimum atomic E-state index is 0.643. The van der Waals surface area contributed by atoms with Gasteiger partial charge >= 0.3 is 0 Å². The first kappa shape index (κ1) is 28.7. The minimum Gasteiger partial charge on any atom is -0.309 e. The zero-order valence-corrected chi connectivity index (χ0v) is 28.1. The van der Waals surface area contributed by atoms with Gasteiger partial charge in [-0.2, -0.15) is 5.26 Å². The number of rotatable bonds is 3. The molecular formula is C49H29N3. The van der Waals surface area contributed by atoms with Crippen LogP contribution in [-0.4, -0.2) is 9.13 Å². The second-order valence-corrected chi connectivity index (χ2v) is 13.7. The molecule has 11 rings (SSSR count). The maximum atomic E-state index is 9.96. The second-order valence-electron chi connectivity index (χ2n) is 13.7. The van der Waals surface area contributed by atoms with Crippen molar-refractivity contribution < 1.29 is 0 Å². The van der Waals surface area contributed by atoms with Gasteiger partial charge in [0.1, 0.15) is 0 Å². The van der Waals surface area contributed by atoms with E-state index in [0.717, 1.165) is 38.7 Å². The van der Waals surface area contributed by atoms with E-state index in [4.69, 9.17) is 0 Å². The lowest BCUT2D eigenvalue weighted by molar-refractivity contribution is 1.16. The Hall–Kier alpha value is -7.15. The van der Waals surface area contributed by atoms with Crippen LogP contribution in [0.5, 0.6) is 0 Å². The zero-order chi connectivity index (χ0) is 34.3. The van der Waals surface area contributed by atoms with Crippen molar-refractivity contribution in [3.05, 3.63) is 181 Å². The van der Waals surface area contributed by atoms with Crippen molar-refractivity contribution in [2.75, 3.05) is 0 Å². The molecule has 0 aliphatic rings. The Balaban J connectivity index is 1.13. The molecule has 0 N–H and O–H groups in total. The molecule has 11 aromatic rings. The molecule has 0 fully saturated rings. The Morgan fingerprint density at radius 1 is 0.308 bits per heavy atom. The topological polar surface area (TPSA) is 33.6 Å². The van der Waals surface area contributed by atoms with Crippen LogP contribution < -0.4 is 0 Å². The maximum Gasteiger partial charge on any atom is 0.0992 e. The van der Waals surface area contributed by atoms with Crippen LogP contribution in [0.15, 0.2) is 176 Å². The summed E-state index contributed by atoms with van der Waals surface area (Å²) in [6.07, 6.45) is 0. The fourth-order valence-electron chi connectivity index (χ4n) is 8.61. The van der Waals surface area contributed by atoms with Crippen molar-refractivity contribution in [2.45, 2.75) is 0 Å². The number of nitriles is 1. The number of fused-ring (bicyclic) bond motifs is 12. The molecule has 2 heterocycles. The summed E-state index contributed by atoms with van der Waals surface area (Å²) >= 11 is 0. The normalized spacial score (nSPS) is 11.8. The lowest BCUT2D eigenvalue weighted by atomic mass is 9.92. The predicted octanol–water partition coefficient (Wildman–Crippen LogP) is 12.9. The molecule has 0 atom stereocenters. The summed E-state index contributed by atoms with van der Waals surface area (Å²) in [5.74, 6) is 0. The van der Waals surface area contributed by atoms with E-state index in [1.807, 2.05) is 12.1 Å². The summed E-state index contributed by atoms with van der Waals surface area (Å²) in [6, 6.07) is 65.6. The van der Waals surface area contributed by atoms with Crippen molar-refractivity contribution in [1.29, 1.82) is 5.26 Å². The summed E-state index contributed by atoms with van der Waals surface area (Å²) in [6.45, 7) is 0. The summed E-state index contributed by atoms with van der Waals surface area (Å²) in [5, 5.41) is 22.3. The van der Waals surface area contributed by atoms with E-state index in [1.165, 1.54) is 59.7 Å². The molecule has 0 spiro atoms. The Bertz CT molecular complexity index is 3230. The highest BCUT2D eigenvalue weighted by Crippen LogP contribution is 2.40. The molecule has 9 aromatic carbocycles. The summed E-state index contributed by atoms with van der Waals surface area (Å²) in [7, 11) is 0. The lowest BCUT2D eigenvalue weighted by Gasteiger charge is -2.14. The molecule has 0 saturated heterocycles. The average molecular weight is 660 g/mol. The smallest absolute Gasteiger partial charge is 0.0992 e. The Kier molecular flexibility index (Phi) is 6.02. The minimum absolute atomic E-state index is 0.643. The van der Waals surface area contributed by atoms with E-state index in [0.29, 0.717) is 5.56 Å². The van der Waals surface area contributed by atoms with Crippen LogP contribution in [0.2, 0.25) is 0 Å². The van der Waals surface area contributed by atoms with Crippen LogP contribution in [0.4, 0.5) is 0 Å². The van der Waals surface area contributed by atoms with Crippen molar-refractivity contribution in [2.24, 2.45) is 0 Å². The van der Waals surface area contributed by atoms with Gasteiger partial charge in [-0.25, -0.2) is 0 Å². The molecule has 0 bridgehead atoms. The fourth-order valence-corrected chi connectivity index (χ4v) is 8.61. The number of para-hydroxylation sites is 2. The quantitative estimate of drug-likeness (QED) is 0.174. The highest BCUT2D eigenvalue weighted by Gasteiger charge is 2.18. The zero-order valence-electron chi connectivity index (χ0n) is 28.1. The Labute approximate surface area is 299 Å². The standard InChI is InChI=1S/C49H29N3/c50-30-31-20-23-43-45-29-35(51-46-18-7-5-16-41(46)42-17-6-8-19-47(42)51)22-25-48(45)52(49(43)26-31)34-11-9-10-32(27-34)33-21-24-40-38-14-2-1-12-36(38)37-13-3-4-15-39(37)44(40)28-33/h1-29H. The van der Waals surface area contributed by atoms with Crippen LogP contribution in [0, 0.1) is 11.3 Å². The van der Waals surface area contributed by atoms with Gasteiger partial charge in [0.2, 0.25) is 0 Å². The molecule has 0 radical (unpaired) electrons. The highest BCUT2D eigenvalue weighted by atomic mass is 15.0. The average Bonchev–Trinajstić information content (AvgIpc) is 3.73. The van der Waals surface area contributed by atoms with Gasteiger partial charge in [0.05, 0.1) is 33.7 Å². The van der Waals surface area contributed by atoms with Gasteiger partial charge in [-0.05, 0) is 104 Å². The molecule has 0 amide bonds. The third-order valence-electron chi connectivity index (χ3n) is 10.9. The van der Waals surface area contributed by atoms with Crippen molar-refractivity contribution >= 4 is 75.9 Å². The third kappa shape index (κ3) is 4.07. The first-order valence-electron chi connectivity index (χ1n) is 17.7. The van der Waals surface area contributed by atoms with E-state index in [2.05, 4.69) is 179 Å². The molecule has 0 aliphatic carbocycles. The van der Waals surface area contributed by atoms with Gasteiger partial charge in [0.15, 0.2) is 0 Å². The van der Waals surface area contributed by atoms with E-state index in [1.54, 1.807) is 0 Å². The molecule has 0 unspecified atom stereocenters. The van der Waals surface area contributed by atoms with Gasteiger partial charge in [0.25, 0.3) is 0 Å². The molecule has 3 heteroatoms. The lowest BCUT2D eigenvalue weighted by Crippen LogP contribution is -1.96. The van der Waals surface area contributed by atoms with Gasteiger partial charge in [0, 0.05) is 32.9 Å². The molecule has 0 aliphatic heterocycles. The van der Waals surface area contributed by atoms with E-state index >= 15 is 0 Å². The van der Waals surface area contributed by atoms with Gasteiger partial charge in [-0.1, -0.05) is 115 Å². The van der Waals surface area contributed by atoms with Crippen LogP contribution >= 0.6 is 0 Å². The number of aromatic nitrogens is 2. The number of nitrogens with zero attached hydrogens (tertiary/aromatic N) is 3. The highest BCUT2D eigenvalue weighted by molar-refractivity contribution is 6.25. The molecule has 3 nitrogen and oxygen atoms in total. The van der Waals surface area contributed by atoms with Gasteiger partial charge < -0.3 is 9.13 Å². The largest absolute Gasteiger partial charge is 0.309 e. The molecular weight excluding hydrogens is 631 g/mol. The second kappa shape index (κ2) is 10.9. The van der Waals surface area contributed by atoms with Crippen molar-refractivity contribution in [3.8, 4) is 28.6 Å². The molecule has 240 valence electrons. The molecule has 0 saturated carbocycles. The number of benzene rings is 9. The fraction of sp³-hybridized carbons (Fsp3) is 0. The summed E-state index contributed by atoms with van der Waals surface area (Å²) in [4.78, 5) is 0. The van der Waals surface area contributed by atoms with E-state index in [-0.39, 0.29) is 0 Å². The van der Waals surface area contributed by atoms with E-state index in [9.17, 15) is 5.26 Å². The Morgan fingerprint density at radius 2 is 0.808 bits per heavy atom. The summed E-state index contributed by atoms with van der Waals surface area (Å²) < 4.78 is 4.68. The SMILES string of the molecule is N#Cc1ccc2c3cc(-n4c5ccccc5c5ccccc54)ccc3n(-c3cccc(-c4ccc5c6ccccc6c6ccccc6c5c4)c3)c2c1. The first-order valence-corrected chi connectivity index (χ1v) is 17.7. The van der Waals surface area contributed by atoms with Crippen molar-refractivity contribution in [1.82, 2.24) is 9.13 Å². The first-order chi connectivity index (χ1) is 25.7. The monoisotopic (exact) mass is 659 g/mol. The van der Waals surface area contributed by atoms with Gasteiger partial charge in [-0.3, -0.25) is 0 Å². The van der Waals surface area contributed by atoms with Crippen LogP contribution in [0.25, 0.3) is 98.4 Å². The molecule has 2 aromatic heterocycles. The van der Waals surface area contributed by atoms with Crippen molar-refractivity contribution in [3.63, 3.8) is 0 Å². The van der Waals surface area contributed by atoms with Crippen LogP contribution in [0.1, 0.15) is 5.56 Å². The number of hydrogen-bond donors (Lipinski definition) is 0. The number of hydrogen-bond acceptors (Lipinski definition) is 1. The summed E-state index contributed by atoms with van der Waals surface area (Å²) in [5.41, 5.74) is 9.60. The van der Waals surface area contributed by atoms with Gasteiger partial charge in [-0.15, -0.1) is 0 Å². The predicted molar refractivity (Wildman–Crippen MR) is 218 cm³/mol. The van der Waals surface area contributed by atoms with Crippen LogP contribution in [-0.2, 0) is 0 Å². The van der Waals surface area contributed by atoms with E-state index < -0.39 is 0 Å². The maximum absolute atomic E-state index is 9.96. The van der Waals surface area contributed by atoms with Crippen LogP contribution in [0.3, 0.4) is 0 Å². The Morgan fingerprint density at radius 3 is 1.48 bits per heavy atom. The molecule has 52 heavy (non-hydrogen) atoms.